The van der Waals surface area contributed by atoms with Crippen molar-refractivity contribution in [2.24, 2.45) is 0 Å². The summed E-state index contributed by atoms with van der Waals surface area (Å²) in [6.07, 6.45) is 1.82. The molecule has 0 spiro atoms. The zero-order valence-electron chi connectivity index (χ0n) is 19.4. The van der Waals surface area contributed by atoms with Crippen LogP contribution < -0.4 is 14.2 Å². The van der Waals surface area contributed by atoms with E-state index in [1.807, 2.05) is 66.7 Å². The standard InChI is InChI=1S/C28H32O5/c1-22(29)28(30-2)21-24-9-11-25(12-10-24)31-18-6-19-32-26-13-15-27(16-14-26)33-20-17-23-7-4-3-5-8-23/h3-5,7-16,28H,6,17-21H2,1-2H3/t28-/m0/s1. The van der Waals surface area contributed by atoms with Crippen molar-refractivity contribution in [2.45, 2.75) is 32.3 Å². The smallest absolute Gasteiger partial charge is 0.158 e. The molecule has 0 saturated carbocycles. The Balaban J connectivity index is 1.30. The third-order valence-corrected chi connectivity index (χ3v) is 5.23. The van der Waals surface area contributed by atoms with Crippen LogP contribution in [0.1, 0.15) is 24.5 Å². The van der Waals surface area contributed by atoms with Crippen molar-refractivity contribution < 1.29 is 23.7 Å². The molecule has 0 fully saturated rings. The molecule has 0 unspecified atom stereocenters. The van der Waals surface area contributed by atoms with Crippen molar-refractivity contribution in [3.63, 3.8) is 0 Å². The van der Waals surface area contributed by atoms with Gasteiger partial charge in [0.1, 0.15) is 23.4 Å². The maximum absolute atomic E-state index is 11.5. The van der Waals surface area contributed by atoms with Crippen LogP contribution >= 0.6 is 0 Å². The zero-order valence-corrected chi connectivity index (χ0v) is 19.4. The molecule has 3 aromatic carbocycles. The van der Waals surface area contributed by atoms with Gasteiger partial charge in [-0.1, -0.05) is 42.5 Å². The maximum atomic E-state index is 11.5. The van der Waals surface area contributed by atoms with Crippen LogP contribution in [0, 0.1) is 0 Å². The first kappa shape index (κ1) is 24.3. The van der Waals surface area contributed by atoms with Gasteiger partial charge in [0.05, 0.1) is 19.8 Å². The predicted octanol–water partition coefficient (Wildman–Crippen LogP) is 5.30. The van der Waals surface area contributed by atoms with Gasteiger partial charge < -0.3 is 18.9 Å². The second-order valence-corrected chi connectivity index (χ2v) is 7.79. The number of hydrogen-bond donors (Lipinski definition) is 0. The molecule has 0 N–H and O–H groups in total. The largest absolute Gasteiger partial charge is 0.493 e. The Morgan fingerprint density at radius 1 is 0.697 bits per heavy atom. The molecular formula is C28H32O5. The third kappa shape index (κ3) is 8.62. The Labute approximate surface area is 196 Å². The lowest BCUT2D eigenvalue weighted by Crippen LogP contribution is -2.22. The quantitative estimate of drug-likeness (QED) is 0.313. The maximum Gasteiger partial charge on any atom is 0.158 e. The summed E-state index contributed by atoms with van der Waals surface area (Å²) in [7, 11) is 1.56. The van der Waals surface area contributed by atoms with Gasteiger partial charge in [-0.15, -0.1) is 0 Å². The fourth-order valence-corrected chi connectivity index (χ4v) is 3.33. The van der Waals surface area contributed by atoms with E-state index in [0.29, 0.717) is 26.2 Å². The summed E-state index contributed by atoms with van der Waals surface area (Å²) in [5.74, 6) is 2.48. The topological polar surface area (TPSA) is 54.0 Å². The van der Waals surface area contributed by atoms with Gasteiger partial charge in [0.25, 0.3) is 0 Å². The van der Waals surface area contributed by atoms with Gasteiger partial charge in [-0.05, 0) is 54.4 Å². The van der Waals surface area contributed by atoms with Gasteiger partial charge in [0.2, 0.25) is 0 Å². The monoisotopic (exact) mass is 448 g/mol. The minimum Gasteiger partial charge on any atom is -0.493 e. The Morgan fingerprint density at radius 2 is 1.21 bits per heavy atom. The van der Waals surface area contributed by atoms with Crippen LogP contribution in [0.2, 0.25) is 0 Å². The van der Waals surface area contributed by atoms with Crippen molar-refractivity contribution in [2.75, 3.05) is 26.9 Å². The molecule has 0 aliphatic rings. The van der Waals surface area contributed by atoms with E-state index in [1.54, 1.807) is 14.0 Å². The normalized spacial score (nSPS) is 11.6. The van der Waals surface area contributed by atoms with Gasteiger partial charge in [0, 0.05) is 26.4 Å². The number of carbonyl (C=O) groups is 1. The van der Waals surface area contributed by atoms with Crippen LogP contribution in [0.3, 0.4) is 0 Å². The number of ketones is 1. The number of methoxy groups -OCH3 is 1. The molecule has 0 aromatic heterocycles. The summed E-state index contributed by atoms with van der Waals surface area (Å²) < 4.78 is 22.6. The number of Topliss-reactive ketones (excluding diaryl/α,β-unsaturated/α-hetero) is 1. The molecule has 1 atom stereocenters. The average molecular weight is 449 g/mol. The highest BCUT2D eigenvalue weighted by molar-refractivity contribution is 5.80. The van der Waals surface area contributed by atoms with Gasteiger partial charge in [-0.3, -0.25) is 4.79 Å². The molecule has 3 rings (SSSR count). The molecule has 0 aliphatic heterocycles. The summed E-state index contributed by atoms with van der Waals surface area (Å²) in [6.45, 7) is 3.32. The van der Waals surface area contributed by atoms with E-state index in [9.17, 15) is 4.79 Å². The SMILES string of the molecule is CO[C@@H](Cc1ccc(OCCCOc2ccc(OCCc3ccccc3)cc2)cc1)C(C)=O. The highest BCUT2D eigenvalue weighted by Gasteiger charge is 2.13. The van der Waals surface area contributed by atoms with Crippen molar-refractivity contribution in [3.8, 4) is 17.2 Å². The van der Waals surface area contributed by atoms with Crippen LogP contribution in [0.5, 0.6) is 17.2 Å². The minimum absolute atomic E-state index is 0.0306. The first-order chi connectivity index (χ1) is 16.1. The molecule has 33 heavy (non-hydrogen) atoms. The molecule has 0 aliphatic carbocycles. The second-order valence-electron chi connectivity index (χ2n) is 7.79. The fourth-order valence-electron chi connectivity index (χ4n) is 3.33. The van der Waals surface area contributed by atoms with Crippen LogP contribution in [0.4, 0.5) is 0 Å². The van der Waals surface area contributed by atoms with Gasteiger partial charge in [-0.2, -0.15) is 0 Å². The molecule has 3 aromatic rings. The summed E-state index contributed by atoms with van der Waals surface area (Å²) >= 11 is 0. The molecule has 0 radical (unpaired) electrons. The van der Waals surface area contributed by atoms with Crippen molar-refractivity contribution in [1.29, 1.82) is 0 Å². The summed E-state index contributed by atoms with van der Waals surface area (Å²) in [4.78, 5) is 11.5. The Kier molecular flexibility index (Phi) is 9.80. The number of rotatable bonds is 14. The molecule has 0 amide bonds. The zero-order chi connectivity index (χ0) is 23.3. The Hall–Kier alpha value is -3.31. The molecular weight excluding hydrogens is 416 g/mol. The van der Waals surface area contributed by atoms with E-state index >= 15 is 0 Å². The highest BCUT2D eigenvalue weighted by Crippen LogP contribution is 2.18. The van der Waals surface area contributed by atoms with Crippen LogP contribution in [-0.2, 0) is 22.4 Å². The van der Waals surface area contributed by atoms with E-state index in [-0.39, 0.29) is 5.78 Å². The third-order valence-electron chi connectivity index (χ3n) is 5.23. The molecule has 174 valence electrons. The molecule has 0 bridgehead atoms. The van der Waals surface area contributed by atoms with E-state index < -0.39 is 6.10 Å². The first-order valence-electron chi connectivity index (χ1n) is 11.3. The molecule has 0 heterocycles. The summed E-state index contributed by atoms with van der Waals surface area (Å²) in [5.41, 5.74) is 2.31. The van der Waals surface area contributed by atoms with E-state index in [1.165, 1.54) is 5.56 Å². The van der Waals surface area contributed by atoms with Crippen LogP contribution in [0.25, 0.3) is 0 Å². The number of hydrogen-bond acceptors (Lipinski definition) is 5. The fraction of sp³-hybridized carbons (Fsp3) is 0.321. The average Bonchev–Trinajstić information content (AvgIpc) is 2.84. The second kappa shape index (κ2) is 13.3. The van der Waals surface area contributed by atoms with Crippen molar-refractivity contribution >= 4 is 5.78 Å². The van der Waals surface area contributed by atoms with Crippen LogP contribution in [0.15, 0.2) is 78.9 Å². The number of ether oxygens (including phenoxy) is 4. The lowest BCUT2D eigenvalue weighted by atomic mass is 10.1. The molecule has 0 saturated heterocycles. The Morgan fingerprint density at radius 3 is 1.73 bits per heavy atom. The van der Waals surface area contributed by atoms with Gasteiger partial charge in [-0.25, -0.2) is 0 Å². The first-order valence-corrected chi connectivity index (χ1v) is 11.3. The van der Waals surface area contributed by atoms with E-state index in [4.69, 9.17) is 18.9 Å². The predicted molar refractivity (Wildman–Crippen MR) is 129 cm³/mol. The lowest BCUT2D eigenvalue weighted by Gasteiger charge is -2.12. The van der Waals surface area contributed by atoms with Gasteiger partial charge in [0.15, 0.2) is 5.78 Å². The molecule has 5 heteroatoms. The minimum atomic E-state index is -0.399. The van der Waals surface area contributed by atoms with E-state index in [0.717, 1.165) is 35.7 Å². The van der Waals surface area contributed by atoms with Crippen LogP contribution in [-0.4, -0.2) is 38.8 Å². The summed E-state index contributed by atoms with van der Waals surface area (Å²) in [6, 6.07) is 25.8. The Bertz CT molecular complexity index is 952. The molecule has 5 nitrogen and oxygen atoms in total. The van der Waals surface area contributed by atoms with Crippen molar-refractivity contribution in [3.05, 3.63) is 90.0 Å². The summed E-state index contributed by atoms with van der Waals surface area (Å²) in [5, 5.41) is 0. The highest BCUT2D eigenvalue weighted by atomic mass is 16.5. The van der Waals surface area contributed by atoms with E-state index in [2.05, 4.69) is 12.1 Å². The lowest BCUT2D eigenvalue weighted by molar-refractivity contribution is -0.126. The number of carbonyl (C=O) groups excluding carboxylic acids is 1. The van der Waals surface area contributed by atoms with Gasteiger partial charge >= 0.3 is 0 Å². The van der Waals surface area contributed by atoms with Crippen molar-refractivity contribution in [1.82, 2.24) is 0 Å². The number of benzene rings is 3.